The third-order valence-electron chi connectivity index (χ3n) is 6.12. The van der Waals surface area contributed by atoms with Crippen molar-refractivity contribution in [3.05, 3.63) is 83.9 Å². The molecule has 3 heterocycles. The van der Waals surface area contributed by atoms with Crippen LogP contribution in [0.2, 0.25) is 0 Å². The molecule has 34 heavy (non-hydrogen) atoms. The number of esters is 1. The summed E-state index contributed by atoms with van der Waals surface area (Å²) in [5.41, 5.74) is 4.63. The average Bonchev–Trinajstić information content (AvgIpc) is 3.39. The number of carbonyl (C=O) groups is 2. The highest BCUT2D eigenvalue weighted by atomic mass is 19.1. The van der Waals surface area contributed by atoms with Crippen molar-refractivity contribution < 1.29 is 18.7 Å². The van der Waals surface area contributed by atoms with E-state index in [-0.39, 0.29) is 24.4 Å². The second kappa shape index (κ2) is 8.82. The van der Waals surface area contributed by atoms with Gasteiger partial charge in [-0.1, -0.05) is 18.2 Å². The van der Waals surface area contributed by atoms with E-state index in [9.17, 15) is 14.0 Å². The second-order valence-electron chi connectivity index (χ2n) is 8.78. The predicted octanol–water partition coefficient (Wildman–Crippen LogP) is 5.12. The Balaban J connectivity index is 1.56. The van der Waals surface area contributed by atoms with E-state index >= 15 is 0 Å². The molecular formula is C27H26FN3O3. The predicted molar refractivity (Wildman–Crippen MR) is 129 cm³/mol. The highest BCUT2D eigenvalue weighted by Crippen LogP contribution is 2.29. The number of anilines is 1. The fourth-order valence-corrected chi connectivity index (χ4v) is 4.60. The van der Waals surface area contributed by atoms with Gasteiger partial charge in [0, 0.05) is 24.1 Å². The number of benzene rings is 2. The molecular weight excluding hydrogens is 433 g/mol. The molecule has 174 valence electrons. The summed E-state index contributed by atoms with van der Waals surface area (Å²) < 4.78 is 22.5. The quantitative estimate of drug-likeness (QED) is 0.390. The molecule has 0 spiro atoms. The molecule has 0 N–H and O–H groups in total. The molecule has 2 aromatic heterocycles. The molecule has 0 bridgehead atoms. The number of halogens is 1. The minimum absolute atomic E-state index is 0.00773. The van der Waals surface area contributed by atoms with Gasteiger partial charge >= 0.3 is 5.97 Å². The molecule has 1 amide bonds. The number of aryl methyl sites for hydroxylation is 1. The number of hydrogen-bond donors (Lipinski definition) is 0. The topological polar surface area (TPSA) is 56.5 Å². The van der Waals surface area contributed by atoms with E-state index in [1.54, 1.807) is 41.5 Å². The lowest BCUT2D eigenvalue weighted by Gasteiger charge is -2.29. The van der Waals surface area contributed by atoms with Crippen molar-refractivity contribution >= 4 is 28.6 Å². The molecule has 0 atom stereocenters. The van der Waals surface area contributed by atoms with Crippen LogP contribution < -0.4 is 4.90 Å². The van der Waals surface area contributed by atoms with E-state index in [1.807, 2.05) is 35.0 Å². The summed E-state index contributed by atoms with van der Waals surface area (Å²) in [4.78, 5) is 28.3. The van der Waals surface area contributed by atoms with Gasteiger partial charge in [0.15, 0.2) is 0 Å². The summed E-state index contributed by atoms with van der Waals surface area (Å²) in [5.74, 6) is -0.889. The first-order chi connectivity index (χ1) is 16.4. The first kappa shape index (κ1) is 21.9. The molecule has 6 nitrogen and oxygen atoms in total. The maximum absolute atomic E-state index is 13.5. The zero-order valence-corrected chi connectivity index (χ0v) is 19.2. The van der Waals surface area contributed by atoms with Gasteiger partial charge < -0.3 is 18.8 Å². The van der Waals surface area contributed by atoms with E-state index < -0.39 is 5.97 Å². The van der Waals surface area contributed by atoms with Crippen molar-refractivity contribution in [3.8, 4) is 5.69 Å². The minimum Gasteiger partial charge on any atom is -0.458 e. The number of fused-ring (bicyclic) bond motifs is 2. The van der Waals surface area contributed by atoms with Crippen molar-refractivity contribution in [3.63, 3.8) is 0 Å². The number of amides is 1. The Bertz CT molecular complexity index is 1370. The van der Waals surface area contributed by atoms with Gasteiger partial charge in [0.25, 0.3) is 0 Å². The first-order valence-electron chi connectivity index (χ1n) is 11.5. The zero-order chi connectivity index (χ0) is 23.8. The van der Waals surface area contributed by atoms with Crippen LogP contribution >= 0.6 is 0 Å². The standard InChI is InChI=1S/C27H26FN3O3/c1-18(2)34-27(33)25-16-24-23(13-15-29(24)21-11-9-20(28)10-12-21)31(25)17-26(32)30-14-5-7-19-6-3-4-8-22(19)30/h3-4,6,8-13,15-16,18H,5,7,14,17H2,1-2H3. The normalized spacial score (nSPS) is 13.4. The number of hydrogen-bond acceptors (Lipinski definition) is 3. The average molecular weight is 460 g/mol. The van der Waals surface area contributed by atoms with Crippen molar-refractivity contribution in [2.24, 2.45) is 0 Å². The van der Waals surface area contributed by atoms with E-state index in [4.69, 9.17) is 4.74 Å². The molecule has 4 aromatic rings. The number of nitrogens with zero attached hydrogens (tertiary/aromatic N) is 3. The van der Waals surface area contributed by atoms with Crippen LogP contribution in [0.1, 0.15) is 36.3 Å². The summed E-state index contributed by atoms with van der Waals surface area (Å²) >= 11 is 0. The zero-order valence-electron chi connectivity index (χ0n) is 19.2. The van der Waals surface area contributed by atoms with Crippen LogP contribution in [0.5, 0.6) is 0 Å². The first-order valence-corrected chi connectivity index (χ1v) is 11.5. The Morgan fingerprint density at radius 2 is 1.79 bits per heavy atom. The van der Waals surface area contributed by atoms with Gasteiger partial charge in [0.05, 0.1) is 17.1 Å². The lowest BCUT2D eigenvalue weighted by molar-refractivity contribution is -0.119. The molecule has 1 aliphatic heterocycles. The summed E-state index contributed by atoms with van der Waals surface area (Å²) in [6.45, 7) is 4.23. The molecule has 0 unspecified atom stereocenters. The van der Waals surface area contributed by atoms with Gasteiger partial charge in [0.1, 0.15) is 18.1 Å². The lowest BCUT2D eigenvalue weighted by atomic mass is 10.0. The van der Waals surface area contributed by atoms with Crippen LogP contribution in [0.25, 0.3) is 16.7 Å². The summed E-state index contributed by atoms with van der Waals surface area (Å²) in [5, 5.41) is 0. The molecule has 0 saturated carbocycles. The van der Waals surface area contributed by atoms with E-state index in [2.05, 4.69) is 6.07 Å². The fourth-order valence-electron chi connectivity index (χ4n) is 4.60. The molecule has 0 aliphatic carbocycles. The van der Waals surface area contributed by atoms with Crippen molar-refractivity contribution in [1.29, 1.82) is 0 Å². The third-order valence-corrected chi connectivity index (χ3v) is 6.12. The Morgan fingerprint density at radius 3 is 2.56 bits per heavy atom. The highest BCUT2D eigenvalue weighted by molar-refractivity contribution is 5.99. The number of para-hydroxylation sites is 1. The molecule has 5 rings (SSSR count). The fraction of sp³-hybridized carbons (Fsp3) is 0.259. The van der Waals surface area contributed by atoms with Crippen LogP contribution in [-0.2, 0) is 22.5 Å². The van der Waals surface area contributed by atoms with E-state index in [1.165, 1.54) is 12.1 Å². The largest absolute Gasteiger partial charge is 0.458 e. The maximum atomic E-state index is 13.5. The van der Waals surface area contributed by atoms with Crippen molar-refractivity contribution in [2.45, 2.75) is 39.3 Å². The van der Waals surface area contributed by atoms with Crippen LogP contribution in [-0.4, -0.2) is 33.7 Å². The Hall–Kier alpha value is -3.87. The SMILES string of the molecule is CC(C)OC(=O)c1cc2c(ccn2-c2ccc(F)cc2)n1CC(=O)N1CCCc2ccccc21. The molecule has 2 aromatic carbocycles. The van der Waals surface area contributed by atoms with Crippen molar-refractivity contribution in [1.82, 2.24) is 9.13 Å². The lowest BCUT2D eigenvalue weighted by Crippen LogP contribution is -2.38. The second-order valence-corrected chi connectivity index (χ2v) is 8.78. The monoisotopic (exact) mass is 459 g/mol. The van der Waals surface area contributed by atoms with Gasteiger partial charge in [-0.15, -0.1) is 0 Å². The smallest absolute Gasteiger partial charge is 0.355 e. The van der Waals surface area contributed by atoms with Crippen LogP contribution in [0.4, 0.5) is 10.1 Å². The summed E-state index contributed by atoms with van der Waals surface area (Å²) in [6, 6.07) is 17.7. The number of carbonyl (C=O) groups excluding carboxylic acids is 2. The highest BCUT2D eigenvalue weighted by Gasteiger charge is 2.26. The minimum atomic E-state index is -0.483. The number of ether oxygens (including phenoxy) is 1. The van der Waals surface area contributed by atoms with Crippen molar-refractivity contribution in [2.75, 3.05) is 11.4 Å². The molecule has 7 heteroatoms. The molecule has 0 saturated heterocycles. The van der Waals surface area contributed by atoms with Crippen LogP contribution in [0, 0.1) is 5.82 Å². The summed E-state index contributed by atoms with van der Waals surface area (Å²) in [7, 11) is 0. The molecule has 1 aliphatic rings. The number of rotatable bonds is 5. The summed E-state index contributed by atoms with van der Waals surface area (Å²) in [6.07, 6.45) is 3.40. The Morgan fingerprint density at radius 1 is 1.03 bits per heavy atom. The number of aromatic nitrogens is 2. The third kappa shape index (κ3) is 3.98. The van der Waals surface area contributed by atoms with Gasteiger partial charge in [-0.3, -0.25) is 4.79 Å². The Kier molecular flexibility index (Phi) is 5.69. The van der Waals surface area contributed by atoms with Gasteiger partial charge in [-0.25, -0.2) is 9.18 Å². The van der Waals surface area contributed by atoms with Gasteiger partial charge in [-0.05, 0) is 74.7 Å². The molecule has 0 radical (unpaired) electrons. The molecule has 0 fully saturated rings. The van der Waals surface area contributed by atoms with E-state index in [0.717, 1.165) is 40.8 Å². The van der Waals surface area contributed by atoms with Gasteiger partial charge in [-0.2, -0.15) is 0 Å². The van der Waals surface area contributed by atoms with Crippen LogP contribution in [0.15, 0.2) is 66.9 Å². The maximum Gasteiger partial charge on any atom is 0.355 e. The van der Waals surface area contributed by atoms with Gasteiger partial charge in [0.2, 0.25) is 5.91 Å². The van der Waals surface area contributed by atoms with Crippen LogP contribution in [0.3, 0.4) is 0 Å². The van der Waals surface area contributed by atoms with E-state index in [0.29, 0.717) is 12.2 Å². The Labute approximate surface area is 197 Å².